The van der Waals surface area contributed by atoms with Gasteiger partial charge in [0.25, 0.3) is 5.91 Å². The number of hydrogen-bond donors (Lipinski definition) is 2. The van der Waals surface area contributed by atoms with Gasteiger partial charge in [-0.05, 0) is 25.5 Å². The number of anilines is 1. The molecule has 1 fully saturated rings. The van der Waals surface area contributed by atoms with Crippen LogP contribution in [0, 0.1) is 11.8 Å². The summed E-state index contributed by atoms with van der Waals surface area (Å²) in [6, 6.07) is 0. The molecule has 3 N–H and O–H groups in total. The maximum absolute atomic E-state index is 13.1. The van der Waals surface area contributed by atoms with Crippen LogP contribution in [0.4, 0.5) is 5.82 Å². The third kappa shape index (κ3) is 3.92. The number of fused-ring (bicyclic) bond motifs is 1. The van der Waals surface area contributed by atoms with Crippen LogP contribution < -0.4 is 26.4 Å². The molecule has 0 saturated carbocycles. The first-order valence-corrected chi connectivity index (χ1v) is 10.5. The van der Waals surface area contributed by atoms with E-state index in [9.17, 15) is 9.59 Å². The van der Waals surface area contributed by atoms with E-state index in [1.54, 1.807) is 47.5 Å². The molecule has 0 radical (unpaired) electrons. The quantitative estimate of drug-likeness (QED) is 0.675. The molecule has 166 valence electrons. The fourth-order valence-electron chi connectivity index (χ4n) is 3.93. The molecule has 0 bridgehead atoms. The van der Waals surface area contributed by atoms with Crippen molar-refractivity contribution in [2.24, 2.45) is 12.8 Å². The Morgan fingerprint density at radius 1 is 1.31 bits per heavy atom. The van der Waals surface area contributed by atoms with Crippen molar-refractivity contribution in [2.45, 2.75) is 19.9 Å². The summed E-state index contributed by atoms with van der Waals surface area (Å²) in [6.07, 6.45) is 9.27. The molecule has 1 aliphatic heterocycles. The fourth-order valence-corrected chi connectivity index (χ4v) is 3.93. The lowest BCUT2D eigenvalue weighted by molar-refractivity contribution is -0.114. The highest BCUT2D eigenvalue weighted by Crippen LogP contribution is 2.33. The summed E-state index contributed by atoms with van der Waals surface area (Å²) >= 11 is 0. The highest BCUT2D eigenvalue weighted by Gasteiger charge is 2.25. The van der Waals surface area contributed by atoms with Crippen molar-refractivity contribution in [3.63, 3.8) is 0 Å². The average molecular weight is 435 g/mol. The van der Waals surface area contributed by atoms with Gasteiger partial charge in [0.15, 0.2) is 11.6 Å². The lowest BCUT2D eigenvalue weighted by Crippen LogP contribution is -2.44. The van der Waals surface area contributed by atoms with Crippen LogP contribution in [-0.2, 0) is 18.4 Å². The third-order valence-electron chi connectivity index (χ3n) is 5.52. The Balaban J connectivity index is 1.89. The zero-order valence-electron chi connectivity index (χ0n) is 18.2. The number of carbonyl (C=O) groups excluding carboxylic acids is 1. The molecule has 2 aliphatic rings. The molecule has 0 unspecified atom stereocenters. The van der Waals surface area contributed by atoms with Gasteiger partial charge in [-0.2, -0.15) is 0 Å². The summed E-state index contributed by atoms with van der Waals surface area (Å²) < 4.78 is 9.33. The van der Waals surface area contributed by atoms with E-state index in [-0.39, 0.29) is 17.8 Å². The lowest BCUT2D eigenvalue weighted by atomic mass is 10.2. The number of amides is 1. The molecule has 0 spiro atoms. The van der Waals surface area contributed by atoms with Crippen molar-refractivity contribution in [3.05, 3.63) is 52.3 Å². The number of carbonyl (C=O) groups is 1. The number of allylic oxidation sites excluding steroid dienone is 4. The van der Waals surface area contributed by atoms with E-state index in [0.717, 1.165) is 26.2 Å². The molecule has 0 atom stereocenters. The molecule has 3 heterocycles. The molecule has 2 aromatic heterocycles. The first-order chi connectivity index (χ1) is 15.5. The molecule has 0 aromatic carbocycles. The predicted molar refractivity (Wildman–Crippen MR) is 123 cm³/mol. The molecule has 1 aliphatic carbocycles. The van der Waals surface area contributed by atoms with Crippen LogP contribution in [0.1, 0.15) is 13.3 Å². The van der Waals surface area contributed by atoms with E-state index >= 15 is 0 Å². The molecule has 2 aromatic rings. The molecule has 9 heteroatoms. The number of nitrogens with zero attached hydrogens (tertiary/aromatic N) is 4. The maximum atomic E-state index is 13.1. The molecular weight excluding hydrogens is 408 g/mol. The van der Waals surface area contributed by atoms with E-state index in [2.05, 4.69) is 27.0 Å². The van der Waals surface area contributed by atoms with Crippen molar-refractivity contribution in [1.29, 1.82) is 0 Å². The second-order valence-electron chi connectivity index (χ2n) is 7.51. The summed E-state index contributed by atoms with van der Waals surface area (Å²) in [4.78, 5) is 31.9. The number of aryl methyl sites for hydroxylation is 1. The topological polar surface area (TPSA) is 107 Å². The normalized spacial score (nSPS) is 16.1. The zero-order valence-corrected chi connectivity index (χ0v) is 18.2. The Morgan fingerprint density at radius 2 is 2.09 bits per heavy atom. The number of nitrogens with two attached hydrogens (primary N) is 1. The number of ether oxygens (including phenoxy) is 1. The number of primary amides is 1. The number of pyridine rings is 1. The fraction of sp³-hybridized carbons (Fsp3) is 0.348. The first-order valence-electron chi connectivity index (χ1n) is 10.5. The van der Waals surface area contributed by atoms with Crippen molar-refractivity contribution in [3.8, 4) is 17.6 Å². The highest BCUT2D eigenvalue weighted by atomic mass is 16.5. The van der Waals surface area contributed by atoms with Gasteiger partial charge in [-0.15, -0.1) is 5.92 Å². The van der Waals surface area contributed by atoms with Crippen LogP contribution in [0.15, 0.2) is 46.6 Å². The largest absolute Gasteiger partial charge is 0.453 e. The van der Waals surface area contributed by atoms with Gasteiger partial charge in [0.1, 0.15) is 16.8 Å². The number of nitrogens with one attached hydrogen (secondary N) is 1. The molecular formula is C23H26N6O3. The third-order valence-corrected chi connectivity index (χ3v) is 5.52. The van der Waals surface area contributed by atoms with Crippen LogP contribution in [0.2, 0.25) is 0 Å². The Kier molecular flexibility index (Phi) is 6.14. The second-order valence-corrected chi connectivity index (χ2v) is 7.51. The minimum atomic E-state index is -0.589. The number of imidazole rings is 1. The zero-order chi connectivity index (χ0) is 22.7. The summed E-state index contributed by atoms with van der Waals surface area (Å²) in [6.45, 7) is 5.20. The van der Waals surface area contributed by atoms with Gasteiger partial charge in [0, 0.05) is 33.2 Å². The van der Waals surface area contributed by atoms with Gasteiger partial charge in [0.05, 0.1) is 18.3 Å². The number of hydrogen-bond acceptors (Lipinski definition) is 6. The number of piperazine rings is 1. The number of rotatable bonds is 5. The number of aromatic nitrogens is 3. The van der Waals surface area contributed by atoms with Gasteiger partial charge in [0.2, 0.25) is 0 Å². The van der Waals surface area contributed by atoms with Crippen molar-refractivity contribution in [2.75, 3.05) is 31.1 Å². The summed E-state index contributed by atoms with van der Waals surface area (Å²) in [5, 5.41) is 3.33. The van der Waals surface area contributed by atoms with Gasteiger partial charge in [-0.1, -0.05) is 18.1 Å². The van der Waals surface area contributed by atoms with E-state index in [4.69, 9.17) is 10.5 Å². The summed E-state index contributed by atoms with van der Waals surface area (Å²) in [5.41, 5.74) is 6.88. The molecule has 1 saturated heterocycles. The van der Waals surface area contributed by atoms with Gasteiger partial charge in [-0.25, -0.2) is 9.78 Å². The van der Waals surface area contributed by atoms with Gasteiger partial charge < -0.3 is 20.7 Å². The van der Waals surface area contributed by atoms with Crippen LogP contribution in [-0.4, -0.2) is 46.2 Å². The van der Waals surface area contributed by atoms with E-state index < -0.39 is 5.91 Å². The van der Waals surface area contributed by atoms with Crippen LogP contribution in [0.3, 0.4) is 0 Å². The maximum Gasteiger partial charge on any atom is 0.329 e. The summed E-state index contributed by atoms with van der Waals surface area (Å²) in [5.74, 6) is 6.68. The Hall–Kier alpha value is -3.77. The van der Waals surface area contributed by atoms with E-state index in [0.29, 0.717) is 34.8 Å². The highest BCUT2D eigenvalue weighted by molar-refractivity contribution is 5.97. The minimum Gasteiger partial charge on any atom is -0.453 e. The lowest BCUT2D eigenvalue weighted by Gasteiger charge is -2.29. The van der Waals surface area contributed by atoms with Crippen LogP contribution in [0.5, 0.6) is 5.75 Å². The van der Waals surface area contributed by atoms with Crippen LogP contribution >= 0.6 is 0 Å². The Morgan fingerprint density at radius 3 is 2.81 bits per heavy atom. The summed E-state index contributed by atoms with van der Waals surface area (Å²) in [7, 11) is 1.70. The molecule has 32 heavy (non-hydrogen) atoms. The average Bonchev–Trinajstić information content (AvgIpc) is 2.95. The minimum absolute atomic E-state index is 0.209. The Labute approximate surface area is 185 Å². The van der Waals surface area contributed by atoms with Gasteiger partial charge in [-0.3, -0.25) is 13.9 Å². The smallest absolute Gasteiger partial charge is 0.329 e. The monoisotopic (exact) mass is 434 g/mol. The predicted octanol–water partition coefficient (Wildman–Crippen LogP) is 0.802. The SMILES string of the molecule is CC#CCn1c(=O)n(C)c2c(OC3=CCC=CC=C3C(N)=O)cnc(N3CCNCC3)c21. The first kappa shape index (κ1) is 21.5. The Bertz CT molecular complexity index is 1260. The molecule has 9 nitrogen and oxygen atoms in total. The van der Waals surface area contributed by atoms with Crippen molar-refractivity contribution in [1.82, 2.24) is 19.4 Å². The van der Waals surface area contributed by atoms with Gasteiger partial charge >= 0.3 is 5.69 Å². The second kappa shape index (κ2) is 9.16. The molecule has 1 amide bonds. The van der Waals surface area contributed by atoms with E-state index in [1.165, 1.54) is 0 Å². The van der Waals surface area contributed by atoms with Crippen molar-refractivity contribution >= 4 is 22.8 Å². The molecule has 4 rings (SSSR count). The van der Waals surface area contributed by atoms with Crippen LogP contribution in [0.25, 0.3) is 11.0 Å². The van der Waals surface area contributed by atoms with Crippen molar-refractivity contribution < 1.29 is 9.53 Å². The van der Waals surface area contributed by atoms with E-state index in [1.807, 2.05) is 6.08 Å². The standard InChI is InChI=1S/C23H26N6O3/c1-3-4-12-29-20-19(27(2)23(29)31)18(15-26-22(20)28-13-10-25-11-14-28)32-17-9-7-5-6-8-16(17)21(24)30/h5-6,8-9,15,25H,7,10-14H2,1-2H3,(H2,24,30).